The number of piperazine rings is 1. The van der Waals surface area contributed by atoms with E-state index in [0.29, 0.717) is 5.56 Å². The summed E-state index contributed by atoms with van der Waals surface area (Å²) in [7, 11) is 0. The smallest absolute Gasteiger partial charge is 0.290 e. The fraction of sp³-hybridized carbons (Fsp3) is 0.706. The summed E-state index contributed by atoms with van der Waals surface area (Å²) in [5.74, 6) is 1.75. The SMILES string of the molecule is Cc1cc(N2CCN(C3CCC(C)CC3)CC2)ncc1[N+](=O)[O-]. The highest BCUT2D eigenvalue weighted by atomic mass is 16.6. The largest absolute Gasteiger partial charge is 0.354 e. The average molecular weight is 318 g/mol. The minimum Gasteiger partial charge on any atom is -0.354 e. The monoisotopic (exact) mass is 318 g/mol. The highest BCUT2D eigenvalue weighted by Gasteiger charge is 2.27. The van der Waals surface area contributed by atoms with Gasteiger partial charge in [0, 0.05) is 37.8 Å². The second-order valence-corrected chi connectivity index (χ2v) is 7.02. The first-order valence-corrected chi connectivity index (χ1v) is 8.64. The minimum absolute atomic E-state index is 0.101. The molecule has 3 rings (SSSR count). The van der Waals surface area contributed by atoms with Gasteiger partial charge in [0.05, 0.1) is 4.92 Å². The van der Waals surface area contributed by atoms with Crippen LogP contribution in [0.25, 0.3) is 0 Å². The van der Waals surface area contributed by atoms with E-state index in [0.717, 1.165) is 44.0 Å². The summed E-state index contributed by atoms with van der Waals surface area (Å²) in [5, 5.41) is 10.9. The van der Waals surface area contributed by atoms with Gasteiger partial charge >= 0.3 is 0 Å². The van der Waals surface area contributed by atoms with Gasteiger partial charge in [-0.25, -0.2) is 4.98 Å². The highest BCUT2D eigenvalue weighted by molar-refractivity contribution is 5.48. The van der Waals surface area contributed by atoms with E-state index in [1.165, 1.54) is 31.9 Å². The number of hydrogen-bond donors (Lipinski definition) is 0. The van der Waals surface area contributed by atoms with Crippen LogP contribution in [-0.4, -0.2) is 47.0 Å². The number of rotatable bonds is 3. The molecule has 6 heteroatoms. The first-order chi connectivity index (χ1) is 11.0. The van der Waals surface area contributed by atoms with Gasteiger partial charge in [-0.2, -0.15) is 0 Å². The molecule has 2 heterocycles. The van der Waals surface area contributed by atoms with Gasteiger partial charge < -0.3 is 4.90 Å². The standard InChI is InChI=1S/C17H26N4O2/c1-13-3-5-15(6-4-13)19-7-9-20(10-8-19)17-11-14(2)16(12-18-17)21(22)23/h11-13,15H,3-10H2,1-2H3. The number of hydrogen-bond acceptors (Lipinski definition) is 5. The summed E-state index contributed by atoms with van der Waals surface area (Å²) in [6.45, 7) is 8.18. The van der Waals surface area contributed by atoms with Gasteiger partial charge in [-0.1, -0.05) is 6.92 Å². The molecule has 0 N–H and O–H groups in total. The number of nitrogens with zero attached hydrogens (tertiary/aromatic N) is 4. The molecule has 126 valence electrons. The summed E-state index contributed by atoms with van der Waals surface area (Å²) in [6.07, 6.45) is 6.76. The van der Waals surface area contributed by atoms with E-state index in [1.807, 2.05) is 6.07 Å². The van der Waals surface area contributed by atoms with Crippen LogP contribution in [0.3, 0.4) is 0 Å². The zero-order valence-electron chi connectivity index (χ0n) is 14.1. The van der Waals surface area contributed by atoms with Crippen LogP contribution in [0, 0.1) is 23.0 Å². The van der Waals surface area contributed by atoms with Crippen LogP contribution in [0.2, 0.25) is 0 Å². The Labute approximate surface area is 137 Å². The quantitative estimate of drug-likeness (QED) is 0.633. The number of nitro groups is 1. The average Bonchev–Trinajstić information content (AvgIpc) is 2.55. The lowest BCUT2D eigenvalue weighted by Gasteiger charge is -2.42. The number of anilines is 1. The second kappa shape index (κ2) is 6.83. The van der Waals surface area contributed by atoms with Gasteiger partial charge in [-0.3, -0.25) is 15.0 Å². The fourth-order valence-electron chi connectivity index (χ4n) is 3.82. The maximum absolute atomic E-state index is 10.9. The molecule has 0 unspecified atom stereocenters. The van der Waals surface area contributed by atoms with Gasteiger partial charge in [0.1, 0.15) is 12.0 Å². The van der Waals surface area contributed by atoms with Crippen molar-refractivity contribution in [2.45, 2.75) is 45.6 Å². The maximum atomic E-state index is 10.9. The summed E-state index contributed by atoms with van der Waals surface area (Å²) < 4.78 is 0. The zero-order chi connectivity index (χ0) is 16.4. The van der Waals surface area contributed by atoms with Gasteiger partial charge in [-0.15, -0.1) is 0 Å². The third kappa shape index (κ3) is 3.63. The van der Waals surface area contributed by atoms with Crippen LogP contribution in [0.4, 0.5) is 11.5 Å². The first-order valence-electron chi connectivity index (χ1n) is 8.64. The fourth-order valence-corrected chi connectivity index (χ4v) is 3.82. The Morgan fingerprint density at radius 2 is 1.83 bits per heavy atom. The Bertz CT molecular complexity index is 562. The van der Waals surface area contributed by atoms with Crippen LogP contribution >= 0.6 is 0 Å². The molecule has 0 amide bonds. The molecule has 0 atom stereocenters. The molecule has 1 aromatic heterocycles. The van der Waals surface area contributed by atoms with E-state index in [2.05, 4.69) is 21.7 Å². The van der Waals surface area contributed by atoms with Crippen LogP contribution in [-0.2, 0) is 0 Å². The number of aryl methyl sites for hydroxylation is 1. The molecule has 23 heavy (non-hydrogen) atoms. The summed E-state index contributed by atoms with van der Waals surface area (Å²) in [5.41, 5.74) is 0.785. The molecule has 2 aliphatic rings. The Balaban J connectivity index is 1.58. The molecule has 1 saturated carbocycles. The Morgan fingerprint density at radius 1 is 1.17 bits per heavy atom. The van der Waals surface area contributed by atoms with Crippen LogP contribution in [0.15, 0.2) is 12.3 Å². The molecular weight excluding hydrogens is 292 g/mol. The van der Waals surface area contributed by atoms with E-state index in [-0.39, 0.29) is 10.6 Å². The minimum atomic E-state index is -0.367. The van der Waals surface area contributed by atoms with Crippen molar-refractivity contribution in [3.63, 3.8) is 0 Å². The van der Waals surface area contributed by atoms with Crippen LogP contribution in [0.5, 0.6) is 0 Å². The van der Waals surface area contributed by atoms with Gasteiger partial charge in [0.25, 0.3) is 5.69 Å². The van der Waals surface area contributed by atoms with Gasteiger partial charge in [-0.05, 0) is 44.6 Å². The van der Waals surface area contributed by atoms with E-state index in [4.69, 9.17) is 0 Å². The lowest BCUT2D eigenvalue weighted by molar-refractivity contribution is -0.385. The normalized spacial score (nSPS) is 26.3. The van der Waals surface area contributed by atoms with Crippen molar-refractivity contribution < 1.29 is 4.92 Å². The molecule has 0 bridgehead atoms. The molecule has 6 nitrogen and oxygen atoms in total. The van der Waals surface area contributed by atoms with Crippen molar-refractivity contribution in [2.24, 2.45) is 5.92 Å². The number of aromatic nitrogens is 1. The third-order valence-electron chi connectivity index (χ3n) is 5.41. The maximum Gasteiger partial charge on any atom is 0.290 e. The lowest BCUT2D eigenvalue weighted by atomic mass is 9.86. The van der Waals surface area contributed by atoms with Crippen molar-refractivity contribution in [3.05, 3.63) is 27.9 Å². The third-order valence-corrected chi connectivity index (χ3v) is 5.41. The molecule has 0 spiro atoms. The first kappa shape index (κ1) is 16.2. The molecule has 1 aliphatic heterocycles. The van der Waals surface area contributed by atoms with Crippen molar-refractivity contribution in [1.29, 1.82) is 0 Å². The molecule has 1 aromatic rings. The lowest BCUT2D eigenvalue weighted by Crippen LogP contribution is -2.51. The van der Waals surface area contributed by atoms with Crippen molar-refractivity contribution in [1.82, 2.24) is 9.88 Å². The van der Waals surface area contributed by atoms with E-state index >= 15 is 0 Å². The Hall–Kier alpha value is -1.69. The van der Waals surface area contributed by atoms with Gasteiger partial charge in [0.2, 0.25) is 0 Å². The molecule has 1 saturated heterocycles. The van der Waals surface area contributed by atoms with Crippen molar-refractivity contribution in [2.75, 3.05) is 31.1 Å². The van der Waals surface area contributed by atoms with Crippen molar-refractivity contribution in [3.8, 4) is 0 Å². The van der Waals surface area contributed by atoms with Crippen LogP contribution in [0.1, 0.15) is 38.2 Å². The summed E-state index contributed by atoms with van der Waals surface area (Å²) >= 11 is 0. The zero-order valence-corrected chi connectivity index (χ0v) is 14.1. The second-order valence-electron chi connectivity index (χ2n) is 7.02. The Morgan fingerprint density at radius 3 is 2.39 bits per heavy atom. The van der Waals surface area contributed by atoms with Gasteiger partial charge in [0.15, 0.2) is 0 Å². The van der Waals surface area contributed by atoms with E-state index < -0.39 is 0 Å². The van der Waals surface area contributed by atoms with Crippen LogP contribution < -0.4 is 4.90 Å². The number of pyridine rings is 1. The molecule has 2 fully saturated rings. The summed E-state index contributed by atoms with van der Waals surface area (Å²) in [4.78, 5) is 19.7. The Kier molecular flexibility index (Phi) is 4.80. The van der Waals surface area contributed by atoms with E-state index in [1.54, 1.807) is 6.92 Å². The highest BCUT2D eigenvalue weighted by Crippen LogP contribution is 2.28. The van der Waals surface area contributed by atoms with E-state index in [9.17, 15) is 10.1 Å². The predicted molar refractivity (Wildman–Crippen MR) is 90.8 cm³/mol. The predicted octanol–water partition coefficient (Wildman–Crippen LogP) is 3.00. The molecule has 0 radical (unpaired) electrons. The molecule has 1 aliphatic carbocycles. The topological polar surface area (TPSA) is 62.5 Å². The molecular formula is C17H26N4O2. The summed E-state index contributed by atoms with van der Waals surface area (Å²) in [6, 6.07) is 2.59. The van der Waals surface area contributed by atoms with Crippen molar-refractivity contribution >= 4 is 11.5 Å². The molecule has 0 aromatic carbocycles.